The van der Waals surface area contributed by atoms with Gasteiger partial charge < -0.3 is 30.3 Å². The predicted molar refractivity (Wildman–Crippen MR) is 106 cm³/mol. The number of carbonyl (C=O) groups excluding carboxylic acids is 2. The number of likely N-dealkylation sites (N-methyl/N-ethyl adjacent to an activating group) is 1. The molecule has 2 aromatic carbocycles. The van der Waals surface area contributed by atoms with E-state index < -0.39 is 12.3 Å². The summed E-state index contributed by atoms with van der Waals surface area (Å²) in [5.74, 6) is -0.460. The lowest BCUT2D eigenvalue weighted by Crippen LogP contribution is -2.31. The Morgan fingerprint density at radius 3 is 2.57 bits per heavy atom. The van der Waals surface area contributed by atoms with Gasteiger partial charge in [0, 0.05) is 37.0 Å². The van der Waals surface area contributed by atoms with Gasteiger partial charge in [0.1, 0.15) is 0 Å². The lowest BCUT2D eigenvalue weighted by Gasteiger charge is -2.11. The Morgan fingerprint density at radius 1 is 1.03 bits per heavy atom. The third kappa shape index (κ3) is 5.80. The number of carbonyl (C=O) groups is 2. The fourth-order valence-electron chi connectivity index (χ4n) is 2.70. The summed E-state index contributed by atoms with van der Waals surface area (Å²) in [7, 11) is 3.84. The number of nitrogens with one attached hydrogen (secondary N) is 3. The number of urea groups is 1. The van der Waals surface area contributed by atoms with Crippen molar-refractivity contribution in [2.45, 2.75) is 12.8 Å². The van der Waals surface area contributed by atoms with Gasteiger partial charge in [-0.1, -0.05) is 12.1 Å². The number of amides is 3. The van der Waals surface area contributed by atoms with E-state index in [0.717, 1.165) is 12.1 Å². The standard InChI is InChI=1S/C20H22F2N4O4/c1-26(2)9-8-23-18(27)14-5-3-4-13(10-14)12-24-19(28)25-15-6-7-16-17(11-15)30-20(21,22)29-16/h3-7,10-11H,8-9,12H2,1-2H3,(H,23,27)(H2,24,25,28). The van der Waals surface area contributed by atoms with E-state index in [1.54, 1.807) is 24.3 Å². The van der Waals surface area contributed by atoms with Gasteiger partial charge in [-0.25, -0.2) is 4.79 Å². The van der Waals surface area contributed by atoms with Crippen LogP contribution in [0.15, 0.2) is 42.5 Å². The smallest absolute Gasteiger partial charge is 0.395 e. The van der Waals surface area contributed by atoms with Gasteiger partial charge in [0.2, 0.25) is 0 Å². The molecule has 0 unspecified atom stereocenters. The molecule has 3 N–H and O–H groups in total. The van der Waals surface area contributed by atoms with E-state index in [-0.39, 0.29) is 29.6 Å². The molecule has 0 radical (unpaired) electrons. The highest BCUT2D eigenvalue weighted by atomic mass is 19.3. The van der Waals surface area contributed by atoms with Crippen molar-refractivity contribution in [3.63, 3.8) is 0 Å². The number of fused-ring (bicyclic) bond motifs is 1. The Bertz CT molecular complexity index is 937. The normalized spacial score (nSPS) is 13.8. The number of benzene rings is 2. The van der Waals surface area contributed by atoms with Gasteiger partial charge in [-0.15, -0.1) is 8.78 Å². The number of hydrogen-bond donors (Lipinski definition) is 3. The van der Waals surface area contributed by atoms with Gasteiger partial charge in [-0.2, -0.15) is 0 Å². The van der Waals surface area contributed by atoms with Crippen LogP contribution in [0, 0.1) is 0 Å². The number of anilines is 1. The summed E-state index contributed by atoms with van der Waals surface area (Å²) in [5, 5.41) is 8.00. The molecule has 1 aliphatic rings. The summed E-state index contributed by atoms with van der Waals surface area (Å²) in [6.45, 7) is 1.43. The molecule has 8 nitrogen and oxygen atoms in total. The van der Waals surface area contributed by atoms with E-state index in [1.165, 1.54) is 18.2 Å². The molecule has 0 aliphatic carbocycles. The van der Waals surface area contributed by atoms with Crippen LogP contribution in [0.25, 0.3) is 0 Å². The molecule has 1 heterocycles. The van der Waals surface area contributed by atoms with Crippen molar-refractivity contribution in [3.8, 4) is 11.5 Å². The largest absolute Gasteiger partial charge is 0.586 e. The average molecular weight is 420 g/mol. The zero-order chi connectivity index (χ0) is 21.7. The molecule has 0 spiro atoms. The number of nitrogens with zero attached hydrogens (tertiary/aromatic N) is 1. The Kier molecular flexibility index (Phi) is 6.36. The van der Waals surface area contributed by atoms with Crippen LogP contribution in [-0.4, -0.2) is 50.3 Å². The van der Waals surface area contributed by atoms with Gasteiger partial charge in [0.05, 0.1) is 0 Å². The second-order valence-corrected chi connectivity index (χ2v) is 6.90. The molecule has 0 bridgehead atoms. The number of rotatable bonds is 7. The summed E-state index contributed by atoms with van der Waals surface area (Å²) in [6, 6.07) is 10.3. The zero-order valence-electron chi connectivity index (χ0n) is 16.5. The van der Waals surface area contributed by atoms with Gasteiger partial charge >= 0.3 is 12.3 Å². The quantitative estimate of drug-likeness (QED) is 0.641. The first kappa shape index (κ1) is 21.3. The second-order valence-electron chi connectivity index (χ2n) is 6.90. The van der Waals surface area contributed by atoms with Crippen molar-refractivity contribution in [2.75, 3.05) is 32.5 Å². The van der Waals surface area contributed by atoms with Crippen LogP contribution in [0.1, 0.15) is 15.9 Å². The van der Waals surface area contributed by atoms with Gasteiger partial charge in [-0.3, -0.25) is 4.79 Å². The van der Waals surface area contributed by atoms with Gasteiger partial charge in [-0.05, 0) is 43.9 Å². The number of halogens is 2. The Morgan fingerprint density at radius 2 is 1.80 bits per heavy atom. The number of hydrogen-bond acceptors (Lipinski definition) is 5. The van der Waals surface area contributed by atoms with Crippen LogP contribution < -0.4 is 25.4 Å². The molecular weight excluding hydrogens is 398 g/mol. The Labute approximate surface area is 172 Å². The Hall–Kier alpha value is -3.40. The number of alkyl halides is 2. The van der Waals surface area contributed by atoms with Crippen LogP contribution in [0.5, 0.6) is 11.5 Å². The molecule has 3 amide bonds. The summed E-state index contributed by atoms with van der Waals surface area (Å²) in [4.78, 5) is 26.3. The Balaban J connectivity index is 1.51. The first-order valence-electron chi connectivity index (χ1n) is 9.18. The molecule has 1 aliphatic heterocycles. The first-order valence-corrected chi connectivity index (χ1v) is 9.18. The topological polar surface area (TPSA) is 91.9 Å². The van der Waals surface area contributed by atoms with E-state index in [0.29, 0.717) is 12.1 Å². The van der Waals surface area contributed by atoms with E-state index in [2.05, 4.69) is 25.4 Å². The summed E-state index contributed by atoms with van der Waals surface area (Å²) >= 11 is 0. The highest BCUT2D eigenvalue weighted by Gasteiger charge is 2.43. The monoisotopic (exact) mass is 420 g/mol. The molecule has 0 saturated carbocycles. The lowest BCUT2D eigenvalue weighted by molar-refractivity contribution is -0.286. The maximum absolute atomic E-state index is 13.1. The molecule has 0 atom stereocenters. The summed E-state index contributed by atoms with van der Waals surface area (Å²) in [5.41, 5.74) is 1.49. The van der Waals surface area contributed by atoms with E-state index in [1.807, 2.05) is 19.0 Å². The SMILES string of the molecule is CN(C)CCNC(=O)c1cccc(CNC(=O)Nc2ccc3c(c2)OC(F)(F)O3)c1. The van der Waals surface area contributed by atoms with Crippen LogP contribution in [0.4, 0.5) is 19.3 Å². The maximum atomic E-state index is 13.1. The molecule has 10 heteroatoms. The lowest BCUT2D eigenvalue weighted by atomic mass is 10.1. The minimum atomic E-state index is -3.72. The fourth-order valence-corrected chi connectivity index (χ4v) is 2.70. The second kappa shape index (κ2) is 8.95. The summed E-state index contributed by atoms with van der Waals surface area (Å²) < 4.78 is 34.8. The number of ether oxygens (including phenoxy) is 2. The molecule has 30 heavy (non-hydrogen) atoms. The van der Waals surface area contributed by atoms with Crippen molar-refractivity contribution >= 4 is 17.6 Å². The van der Waals surface area contributed by atoms with Gasteiger partial charge in [0.25, 0.3) is 5.91 Å². The van der Waals surface area contributed by atoms with Crippen molar-refractivity contribution in [3.05, 3.63) is 53.6 Å². The molecular formula is C20H22F2N4O4. The van der Waals surface area contributed by atoms with E-state index >= 15 is 0 Å². The summed E-state index contributed by atoms with van der Waals surface area (Å²) in [6.07, 6.45) is -3.72. The maximum Gasteiger partial charge on any atom is 0.586 e. The fraction of sp³-hybridized carbons (Fsp3) is 0.300. The van der Waals surface area contributed by atoms with Crippen molar-refractivity contribution in [1.82, 2.24) is 15.5 Å². The molecule has 3 rings (SSSR count). The molecule has 0 fully saturated rings. The molecule has 0 aromatic heterocycles. The highest BCUT2D eigenvalue weighted by Crippen LogP contribution is 2.42. The van der Waals surface area contributed by atoms with Crippen LogP contribution >= 0.6 is 0 Å². The first-order chi connectivity index (χ1) is 14.2. The zero-order valence-corrected chi connectivity index (χ0v) is 16.5. The van der Waals surface area contributed by atoms with Crippen molar-refractivity contribution in [2.24, 2.45) is 0 Å². The van der Waals surface area contributed by atoms with E-state index in [9.17, 15) is 18.4 Å². The minimum absolute atomic E-state index is 0.105. The van der Waals surface area contributed by atoms with Crippen LogP contribution in [0.2, 0.25) is 0 Å². The molecule has 2 aromatic rings. The van der Waals surface area contributed by atoms with Crippen LogP contribution in [-0.2, 0) is 6.54 Å². The minimum Gasteiger partial charge on any atom is -0.395 e. The highest BCUT2D eigenvalue weighted by molar-refractivity contribution is 5.94. The third-order valence-corrected chi connectivity index (χ3v) is 4.15. The predicted octanol–water partition coefficient (Wildman–Crippen LogP) is 2.62. The molecule has 0 saturated heterocycles. The van der Waals surface area contributed by atoms with Gasteiger partial charge in [0.15, 0.2) is 11.5 Å². The third-order valence-electron chi connectivity index (χ3n) is 4.15. The van der Waals surface area contributed by atoms with E-state index in [4.69, 9.17) is 0 Å². The molecule has 160 valence electrons. The van der Waals surface area contributed by atoms with Crippen molar-refractivity contribution in [1.29, 1.82) is 0 Å². The van der Waals surface area contributed by atoms with Crippen LogP contribution in [0.3, 0.4) is 0 Å². The average Bonchev–Trinajstić information content (AvgIpc) is 2.99. The van der Waals surface area contributed by atoms with Crippen molar-refractivity contribution < 1.29 is 27.8 Å².